The highest BCUT2D eigenvalue weighted by Gasteiger charge is 2.29. The monoisotopic (exact) mass is 368 g/mol. The predicted molar refractivity (Wildman–Crippen MR) is 97.3 cm³/mol. The molecule has 25 heavy (non-hydrogen) atoms. The molecule has 140 valence electrons. The molecule has 1 aliphatic rings. The number of amides is 1. The summed E-state index contributed by atoms with van der Waals surface area (Å²) in [6.45, 7) is 4.36. The van der Waals surface area contributed by atoms with Crippen LogP contribution >= 0.6 is 0 Å². The molecule has 0 saturated heterocycles. The second-order valence-corrected chi connectivity index (χ2v) is 9.12. The van der Waals surface area contributed by atoms with Gasteiger partial charge in [0.05, 0.1) is 7.11 Å². The Kier molecular flexibility index (Phi) is 6.11. The minimum atomic E-state index is -3.70. The molecule has 1 N–H and O–H groups in total. The lowest BCUT2D eigenvalue weighted by atomic mass is 9.78. The Hall–Kier alpha value is -1.60. The van der Waals surface area contributed by atoms with Gasteiger partial charge in [-0.25, -0.2) is 12.7 Å². The summed E-state index contributed by atoms with van der Waals surface area (Å²) >= 11 is 0. The summed E-state index contributed by atoms with van der Waals surface area (Å²) < 4.78 is 31.2. The maximum atomic E-state index is 12.7. The van der Waals surface area contributed by atoms with Gasteiger partial charge >= 0.3 is 0 Å². The van der Waals surface area contributed by atoms with Crippen LogP contribution in [0.25, 0.3) is 0 Å². The molecule has 3 atom stereocenters. The van der Waals surface area contributed by atoms with Crippen molar-refractivity contribution in [2.75, 3.05) is 21.2 Å². The highest BCUT2D eigenvalue weighted by atomic mass is 32.2. The van der Waals surface area contributed by atoms with Gasteiger partial charge in [-0.3, -0.25) is 4.79 Å². The fourth-order valence-electron chi connectivity index (χ4n) is 3.25. The second-order valence-electron chi connectivity index (χ2n) is 7.00. The van der Waals surface area contributed by atoms with E-state index in [2.05, 4.69) is 19.2 Å². The van der Waals surface area contributed by atoms with Crippen LogP contribution in [-0.4, -0.2) is 45.9 Å². The van der Waals surface area contributed by atoms with Crippen LogP contribution in [0, 0.1) is 11.8 Å². The van der Waals surface area contributed by atoms with Gasteiger partial charge in [0.25, 0.3) is 5.91 Å². The van der Waals surface area contributed by atoms with Crippen molar-refractivity contribution >= 4 is 15.9 Å². The summed E-state index contributed by atoms with van der Waals surface area (Å²) in [7, 11) is 0.614. The lowest BCUT2D eigenvalue weighted by molar-refractivity contribution is 0.0891. The molecule has 7 heteroatoms. The third-order valence-corrected chi connectivity index (χ3v) is 7.04. The first-order chi connectivity index (χ1) is 11.7. The molecule has 1 aliphatic carbocycles. The van der Waals surface area contributed by atoms with Gasteiger partial charge in [0.15, 0.2) is 0 Å². The molecule has 0 bridgehead atoms. The number of nitrogens with zero attached hydrogens (tertiary/aromatic N) is 1. The van der Waals surface area contributed by atoms with Crippen molar-refractivity contribution in [2.24, 2.45) is 11.8 Å². The Bertz CT molecular complexity index is 731. The summed E-state index contributed by atoms with van der Waals surface area (Å²) in [4.78, 5) is 12.7. The molecule has 0 aliphatic heterocycles. The topological polar surface area (TPSA) is 75.7 Å². The van der Waals surface area contributed by atoms with E-state index in [4.69, 9.17) is 4.74 Å². The van der Waals surface area contributed by atoms with Crippen LogP contribution in [0.1, 0.15) is 43.5 Å². The van der Waals surface area contributed by atoms with Gasteiger partial charge in [-0.2, -0.15) is 0 Å². The largest absolute Gasteiger partial charge is 0.495 e. The Morgan fingerprint density at radius 3 is 2.52 bits per heavy atom. The minimum Gasteiger partial charge on any atom is -0.495 e. The fraction of sp³-hybridized carbons (Fsp3) is 0.611. The van der Waals surface area contributed by atoms with E-state index in [0.29, 0.717) is 17.4 Å². The standard InChI is InChI=1S/C18H28N2O4S/c1-12-7-6-8-15(13(12)2)19-18(21)14-9-10-16(24-5)17(11-14)25(22,23)20(3)4/h9-13,15H,6-8H2,1-5H3,(H,19,21)/t12-,13-,15-/m1/s1. The average molecular weight is 368 g/mol. The van der Waals surface area contributed by atoms with Gasteiger partial charge in [-0.1, -0.05) is 26.7 Å². The molecule has 0 heterocycles. The van der Waals surface area contributed by atoms with Crippen LogP contribution in [0.4, 0.5) is 0 Å². The molecule has 1 fully saturated rings. The van der Waals surface area contributed by atoms with Crippen molar-refractivity contribution in [3.8, 4) is 5.75 Å². The van der Waals surface area contributed by atoms with Crippen LogP contribution in [0.3, 0.4) is 0 Å². The van der Waals surface area contributed by atoms with Gasteiger partial charge in [0, 0.05) is 25.7 Å². The Labute approximate surface area is 150 Å². The van der Waals surface area contributed by atoms with Crippen LogP contribution in [0.15, 0.2) is 23.1 Å². The molecule has 2 rings (SSSR count). The number of nitrogens with one attached hydrogen (secondary N) is 1. The first kappa shape index (κ1) is 19.7. The molecule has 0 aromatic heterocycles. The number of rotatable bonds is 5. The summed E-state index contributed by atoms with van der Waals surface area (Å²) in [5.74, 6) is 0.953. The number of carbonyl (C=O) groups is 1. The minimum absolute atomic E-state index is 0.00212. The van der Waals surface area contributed by atoms with E-state index in [9.17, 15) is 13.2 Å². The first-order valence-electron chi connectivity index (χ1n) is 8.60. The zero-order valence-electron chi connectivity index (χ0n) is 15.6. The number of benzene rings is 1. The smallest absolute Gasteiger partial charge is 0.251 e. The van der Waals surface area contributed by atoms with Gasteiger partial charge in [0.1, 0.15) is 10.6 Å². The van der Waals surface area contributed by atoms with E-state index >= 15 is 0 Å². The number of ether oxygens (including phenoxy) is 1. The van der Waals surface area contributed by atoms with Crippen molar-refractivity contribution in [3.63, 3.8) is 0 Å². The third kappa shape index (κ3) is 4.15. The average Bonchev–Trinajstić information content (AvgIpc) is 2.58. The van der Waals surface area contributed by atoms with E-state index in [1.165, 1.54) is 39.8 Å². The van der Waals surface area contributed by atoms with Crippen molar-refractivity contribution in [3.05, 3.63) is 23.8 Å². The highest BCUT2D eigenvalue weighted by Crippen LogP contribution is 2.30. The molecule has 0 spiro atoms. The van der Waals surface area contributed by atoms with Crippen LogP contribution in [0.2, 0.25) is 0 Å². The summed E-state index contributed by atoms with van der Waals surface area (Å²) in [5, 5.41) is 3.07. The maximum Gasteiger partial charge on any atom is 0.251 e. The third-order valence-electron chi connectivity index (χ3n) is 5.21. The van der Waals surface area contributed by atoms with Crippen molar-refractivity contribution < 1.29 is 17.9 Å². The lowest BCUT2D eigenvalue weighted by Gasteiger charge is -2.34. The quantitative estimate of drug-likeness (QED) is 0.866. The van der Waals surface area contributed by atoms with E-state index in [1.807, 2.05) is 0 Å². The van der Waals surface area contributed by atoms with Crippen molar-refractivity contribution in [1.82, 2.24) is 9.62 Å². The van der Waals surface area contributed by atoms with Crippen LogP contribution < -0.4 is 10.1 Å². The first-order valence-corrected chi connectivity index (χ1v) is 10.0. The summed E-state index contributed by atoms with van der Waals surface area (Å²) in [5.41, 5.74) is 0.326. The molecule has 6 nitrogen and oxygen atoms in total. The van der Waals surface area contributed by atoms with Gasteiger partial charge in [0.2, 0.25) is 10.0 Å². The van der Waals surface area contributed by atoms with Crippen molar-refractivity contribution in [2.45, 2.75) is 44.0 Å². The van der Waals surface area contributed by atoms with Crippen LogP contribution in [0.5, 0.6) is 5.75 Å². The number of hydrogen-bond donors (Lipinski definition) is 1. The van der Waals surface area contributed by atoms with Gasteiger partial charge in [-0.05, 0) is 36.5 Å². The zero-order chi connectivity index (χ0) is 18.8. The normalized spacial score (nSPS) is 24.2. The Balaban J connectivity index is 2.29. The van der Waals surface area contributed by atoms with Crippen LogP contribution in [-0.2, 0) is 10.0 Å². The molecule has 0 unspecified atom stereocenters. The number of sulfonamides is 1. The molecule has 1 amide bonds. The molecule has 1 aromatic carbocycles. The fourth-order valence-corrected chi connectivity index (χ4v) is 4.33. The highest BCUT2D eigenvalue weighted by molar-refractivity contribution is 7.89. The number of hydrogen-bond acceptors (Lipinski definition) is 4. The van der Waals surface area contributed by atoms with E-state index < -0.39 is 10.0 Å². The van der Waals surface area contributed by atoms with E-state index in [-0.39, 0.29) is 22.6 Å². The zero-order valence-corrected chi connectivity index (χ0v) is 16.4. The summed E-state index contributed by atoms with van der Waals surface area (Å²) in [6, 6.07) is 4.63. The second kappa shape index (κ2) is 7.74. The molecule has 0 radical (unpaired) electrons. The molecule has 1 saturated carbocycles. The Morgan fingerprint density at radius 2 is 1.92 bits per heavy atom. The van der Waals surface area contributed by atoms with E-state index in [1.54, 1.807) is 6.07 Å². The SMILES string of the molecule is COc1ccc(C(=O)N[C@@H]2CCC[C@@H](C)[C@H]2C)cc1S(=O)(=O)N(C)C. The Morgan fingerprint density at radius 1 is 1.24 bits per heavy atom. The number of carbonyl (C=O) groups excluding carboxylic acids is 1. The van der Waals surface area contributed by atoms with Crippen molar-refractivity contribution in [1.29, 1.82) is 0 Å². The lowest BCUT2D eigenvalue weighted by Crippen LogP contribution is -2.43. The maximum absolute atomic E-state index is 12.7. The summed E-state index contributed by atoms with van der Waals surface area (Å²) in [6.07, 6.45) is 3.23. The molecular formula is C18H28N2O4S. The molecular weight excluding hydrogens is 340 g/mol. The molecule has 1 aromatic rings. The predicted octanol–water partition coefficient (Wildman–Crippen LogP) is 2.50. The van der Waals surface area contributed by atoms with Gasteiger partial charge < -0.3 is 10.1 Å². The van der Waals surface area contributed by atoms with Gasteiger partial charge in [-0.15, -0.1) is 0 Å². The number of methoxy groups -OCH3 is 1. The van der Waals surface area contributed by atoms with E-state index in [0.717, 1.165) is 17.1 Å².